The zero-order valence-electron chi connectivity index (χ0n) is 16.7. The fourth-order valence-corrected chi connectivity index (χ4v) is 4.17. The highest BCUT2D eigenvalue weighted by Crippen LogP contribution is 2.20. The van der Waals surface area contributed by atoms with Crippen LogP contribution in [0.25, 0.3) is 0 Å². The fourth-order valence-electron chi connectivity index (χ4n) is 1.83. The molecule has 0 unspecified atom stereocenters. The SMILES string of the molecule is [3H]SSCCNC(=O)CCCCCC(=O)NCCSSCCC(=O)N/N=C/C. The molecule has 0 spiro atoms. The largest absolute Gasteiger partial charge is 0.355 e. The first kappa shape index (κ1) is 24.5. The van der Waals surface area contributed by atoms with Crippen LogP contribution in [-0.4, -0.2) is 55.4 Å². The van der Waals surface area contributed by atoms with Gasteiger partial charge in [0.05, 0.1) is 0 Å². The van der Waals surface area contributed by atoms with E-state index in [1.807, 2.05) is 0 Å². The van der Waals surface area contributed by atoms with Gasteiger partial charge in [-0.2, -0.15) is 5.10 Å². The summed E-state index contributed by atoms with van der Waals surface area (Å²) >= 11 is 0.950. The Morgan fingerprint density at radius 3 is 2.19 bits per heavy atom. The van der Waals surface area contributed by atoms with Gasteiger partial charge < -0.3 is 10.6 Å². The molecule has 0 aliphatic rings. The Morgan fingerprint density at radius 1 is 0.926 bits per heavy atom. The third kappa shape index (κ3) is 20.0. The van der Waals surface area contributed by atoms with Crippen molar-refractivity contribution in [3.8, 4) is 0 Å². The maximum atomic E-state index is 11.7. The maximum Gasteiger partial charge on any atom is 0.240 e. The second-order valence-corrected chi connectivity index (χ2v) is 9.45. The van der Waals surface area contributed by atoms with Gasteiger partial charge in [-0.1, -0.05) is 38.8 Å². The molecule has 0 rings (SSSR count). The van der Waals surface area contributed by atoms with Crippen LogP contribution in [0.2, 0.25) is 0 Å². The summed E-state index contributed by atoms with van der Waals surface area (Å²) < 4.78 is 6.91. The van der Waals surface area contributed by atoms with Crippen molar-refractivity contribution in [2.24, 2.45) is 5.10 Å². The lowest BCUT2D eigenvalue weighted by Crippen LogP contribution is -2.25. The Morgan fingerprint density at radius 2 is 1.56 bits per heavy atom. The molecule has 0 aliphatic carbocycles. The van der Waals surface area contributed by atoms with E-state index in [2.05, 4.69) is 21.2 Å². The molecule has 7 nitrogen and oxygen atoms in total. The minimum Gasteiger partial charge on any atom is -0.355 e. The number of nitrogens with one attached hydrogen (secondary N) is 3. The molecule has 0 radical (unpaired) electrons. The normalized spacial score (nSPS) is 11.2. The van der Waals surface area contributed by atoms with Crippen molar-refractivity contribution in [2.45, 2.75) is 45.4 Å². The molecule has 0 saturated heterocycles. The van der Waals surface area contributed by atoms with Gasteiger partial charge in [-0.3, -0.25) is 14.4 Å². The van der Waals surface area contributed by atoms with Gasteiger partial charge in [0, 0.05) is 55.8 Å². The van der Waals surface area contributed by atoms with Crippen LogP contribution in [0.1, 0.15) is 45.4 Å². The van der Waals surface area contributed by atoms with Gasteiger partial charge in [0.1, 0.15) is 1.12 Å². The van der Waals surface area contributed by atoms with Crippen LogP contribution in [0.3, 0.4) is 0 Å². The van der Waals surface area contributed by atoms with Crippen molar-refractivity contribution < 1.29 is 14.4 Å². The van der Waals surface area contributed by atoms with Gasteiger partial charge in [0.25, 0.3) is 0 Å². The van der Waals surface area contributed by atoms with Crippen LogP contribution in [0.4, 0.5) is 0 Å². The van der Waals surface area contributed by atoms with E-state index in [-0.39, 0.29) is 17.7 Å². The Balaban J connectivity index is 3.37. The first-order valence-corrected chi connectivity index (χ1v) is 13.3. The van der Waals surface area contributed by atoms with Crippen molar-refractivity contribution in [3.63, 3.8) is 0 Å². The molecule has 11 heteroatoms. The molecule has 0 aromatic carbocycles. The summed E-state index contributed by atoms with van der Waals surface area (Å²) in [4.78, 5) is 34.6. The number of unbranched alkanes of at least 4 members (excludes halogenated alkanes) is 2. The van der Waals surface area contributed by atoms with Crippen LogP contribution < -0.4 is 16.1 Å². The van der Waals surface area contributed by atoms with Gasteiger partial charge in [-0.25, -0.2) is 5.43 Å². The lowest BCUT2D eigenvalue weighted by Gasteiger charge is -2.06. The molecule has 3 N–H and O–H groups in total. The fraction of sp³-hybridized carbons (Fsp3) is 0.750. The van der Waals surface area contributed by atoms with Crippen molar-refractivity contribution >= 4 is 67.9 Å². The molecule has 0 heterocycles. The molecule has 0 atom stereocenters. The molecular formula is C16H30N4O3S4. The second kappa shape index (κ2) is 20.2. The lowest BCUT2D eigenvalue weighted by atomic mass is 10.1. The highest BCUT2D eigenvalue weighted by Gasteiger charge is 2.04. The van der Waals surface area contributed by atoms with Crippen LogP contribution in [0.15, 0.2) is 5.10 Å². The monoisotopic (exact) mass is 456 g/mol. The number of amides is 3. The standard InChI is InChI=1S/C16H30N4O3S4/c1-2-19-20-16(23)8-11-26-27-13-10-18-15(22)7-5-3-4-6-14(21)17-9-12-25-24/h2,24H,3-13H2,1H3,(H,17,21)(H,18,22)(H,20,23)/b19-2+/i/hT. The van der Waals surface area contributed by atoms with Crippen molar-refractivity contribution in [2.75, 3.05) is 30.3 Å². The van der Waals surface area contributed by atoms with Gasteiger partial charge in [0.15, 0.2) is 0 Å². The predicted molar refractivity (Wildman–Crippen MR) is 122 cm³/mol. The van der Waals surface area contributed by atoms with Crippen LogP contribution in [-0.2, 0) is 14.4 Å². The van der Waals surface area contributed by atoms with E-state index in [0.717, 1.165) is 42.3 Å². The first-order chi connectivity index (χ1) is 13.6. The van der Waals surface area contributed by atoms with Gasteiger partial charge >= 0.3 is 0 Å². The van der Waals surface area contributed by atoms with Crippen molar-refractivity contribution in [1.82, 2.24) is 16.1 Å². The maximum absolute atomic E-state index is 11.7. The number of hydrazone groups is 1. The van der Waals surface area contributed by atoms with E-state index in [9.17, 15) is 14.4 Å². The summed E-state index contributed by atoms with van der Waals surface area (Å²) in [5, 5.41) is 9.36. The van der Waals surface area contributed by atoms with Crippen LogP contribution in [0, 0.1) is 0 Å². The molecule has 0 aromatic rings. The third-order valence-corrected chi connectivity index (χ3v) is 6.42. The van der Waals surface area contributed by atoms with E-state index in [0.29, 0.717) is 38.1 Å². The minimum atomic E-state index is -0.0979. The smallest absolute Gasteiger partial charge is 0.240 e. The summed E-state index contributed by atoms with van der Waals surface area (Å²) in [6.07, 6.45) is 5.33. The highest BCUT2D eigenvalue weighted by atomic mass is 33.1. The molecule has 0 fully saturated rings. The van der Waals surface area contributed by atoms with Crippen molar-refractivity contribution in [3.05, 3.63) is 0 Å². The summed E-state index contributed by atoms with van der Waals surface area (Å²) in [6.45, 7) is 2.94. The van der Waals surface area contributed by atoms with E-state index in [1.54, 1.807) is 28.5 Å². The van der Waals surface area contributed by atoms with Crippen LogP contribution >= 0.6 is 43.9 Å². The Hall–Kier alpha value is -0.520. The number of rotatable bonds is 18. The summed E-state index contributed by atoms with van der Waals surface area (Å²) in [5.74, 6) is 2.21. The van der Waals surface area contributed by atoms with E-state index < -0.39 is 0 Å². The molecule has 27 heavy (non-hydrogen) atoms. The Labute approximate surface area is 180 Å². The number of hydrogen-bond acceptors (Lipinski definition) is 8. The summed E-state index contributed by atoms with van der Waals surface area (Å²) in [7, 11) is 4.64. The average Bonchev–Trinajstić information content (AvgIpc) is 2.68. The van der Waals surface area contributed by atoms with Gasteiger partial charge in [-0.15, -0.1) is 11.6 Å². The third-order valence-electron chi connectivity index (χ3n) is 3.14. The summed E-state index contributed by atoms with van der Waals surface area (Å²) in [5.41, 5.74) is 2.42. The molecule has 0 aromatic heterocycles. The Bertz CT molecular complexity index is 473. The number of nitrogens with zero attached hydrogens (tertiary/aromatic N) is 1. The first-order valence-electron chi connectivity index (χ1n) is 9.30. The molecule has 0 bridgehead atoms. The number of carbonyl (C=O) groups is 3. The van der Waals surface area contributed by atoms with E-state index >= 15 is 0 Å². The highest BCUT2D eigenvalue weighted by molar-refractivity contribution is 8.76. The minimum absolute atomic E-state index is 0.0325. The average molecular weight is 457 g/mol. The summed E-state index contributed by atoms with van der Waals surface area (Å²) in [6, 6.07) is 0. The number of thiol groups is 1. The molecule has 3 amide bonds. The second-order valence-electron chi connectivity index (χ2n) is 5.40. The van der Waals surface area contributed by atoms with Crippen molar-refractivity contribution in [1.29, 1.82) is 1.12 Å². The van der Waals surface area contributed by atoms with E-state index in [4.69, 9.17) is 1.12 Å². The predicted octanol–water partition coefficient (Wildman–Crippen LogP) is 2.64. The molecular weight excluding hydrogens is 424 g/mol. The van der Waals surface area contributed by atoms with Crippen LogP contribution in [0.5, 0.6) is 0 Å². The Kier molecular flexibility index (Phi) is 18.4. The van der Waals surface area contributed by atoms with Gasteiger partial charge in [-0.05, 0) is 19.8 Å². The molecule has 0 saturated carbocycles. The number of carbonyl (C=O) groups excluding carboxylic acids is 3. The quantitative estimate of drug-likeness (QED) is 0.0832. The zero-order valence-corrected chi connectivity index (χ0v) is 18.9. The van der Waals surface area contributed by atoms with E-state index in [1.165, 1.54) is 17.0 Å². The number of hydrogen-bond donors (Lipinski definition) is 4. The molecule has 156 valence electrons. The topological polar surface area (TPSA) is 99.7 Å². The zero-order chi connectivity index (χ0) is 20.9. The molecule has 0 aliphatic heterocycles. The lowest BCUT2D eigenvalue weighted by molar-refractivity contribution is -0.121. The van der Waals surface area contributed by atoms with Gasteiger partial charge in [0.2, 0.25) is 17.7 Å².